The van der Waals surface area contributed by atoms with Crippen molar-refractivity contribution in [3.63, 3.8) is 0 Å². The predicted molar refractivity (Wildman–Crippen MR) is 52.6 cm³/mol. The summed E-state index contributed by atoms with van der Waals surface area (Å²) in [6, 6.07) is 0. The number of hydrogen-bond acceptors (Lipinski definition) is 2. The van der Waals surface area contributed by atoms with Gasteiger partial charge in [0.05, 0.1) is 0 Å². The Morgan fingerprint density at radius 1 is 1.46 bits per heavy atom. The molecule has 1 spiro atoms. The Morgan fingerprint density at radius 3 is 2.77 bits per heavy atom. The third-order valence-corrected chi connectivity index (χ3v) is 3.97. The lowest BCUT2D eigenvalue weighted by Crippen LogP contribution is -2.31. The van der Waals surface area contributed by atoms with Crippen LogP contribution >= 0.6 is 0 Å². The van der Waals surface area contributed by atoms with E-state index in [-0.39, 0.29) is 0 Å². The second kappa shape index (κ2) is 3.41. The first-order valence-corrected chi connectivity index (χ1v) is 5.39. The Balaban J connectivity index is 1.78. The molecule has 0 aromatic rings. The molecule has 0 aromatic heterocycles. The average molecular weight is 181 g/mol. The van der Waals surface area contributed by atoms with Crippen LogP contribution in [0, 0.1) is 11.3 Å². The van der Waals surface area contributed by atoms with E-state index >= 15 is 0 Å². The summed E-state index contributed by atoms with van der Waals surface area (Å²) < 4.78 is 0. The van der Waals surface area contributed by atoms with Crippen molar-refractivity contribution in [2.45, 2.75) is 32.1 Å². The SMILES string of the molecule is CN1CCC2(CC1)CC2CCC=O. The third-order valence-electron chi connectivity index (χ3n) is 3.97. The van der Waals surface area contributed by atoms with Crippen LogP contribution in [-0.4, -0.2) is 31.3 Å². The lowest BCUT2D eigenvalue weighted by Gasteiger charge is -2.30. The van der Waals surface area contributed by atoms with Gasteiger partial charge in [-0.3, -0.25) is 0 Å². The van der Waals surface area contributed by atoms with Crippen LogP contribution in [0.3, 0.4) is 0 Å². The number of rotatable bonds is 3. The summed E-state index contributed by atoms with van der Waals surface area (Å²) in [6.45, 7) is 2.52. The van der Waals surface area contributed by atoms with E-state index in [0.29, 0.717) is 5.41 Å². The van der Waals surface area contributed by atoms with Gasteiger partial charge in [-0.1, -0.05) is 0 Å². The van der Waals surface area contributed by atoms with E-state index < -0.39 is 0 Å². The van der Waals surface area contributed by atoms with E-state index in [0.717, 1.165) is 25.0 Å². The first-order chi connectivity index (χ1) is 6.27. The number of carbonyl (C=O) groups excluding carboxylic acids is 1. The molecule has 2 fully saturated rings. The van der Waals surface area contributed by atoms with Crippen molar-refractivity contribution in [2.24, 2.45) is 11.3 Å². The molecule has 2 aliphatic rings. The van der Waals surface area contributed by atoms with Crippen molar-refractivity contribution in [2.75, 3.05) is 20.1 Å². The first kappa shape index (κ1) is 9.20. The lowest BCUT2D eigenvalue weighted by atomic mass is 9.90. The maximum absolute atomic E-state index is 10.3. The highest BCUT2D eigenvalue weighted by molar-refractivity contribution is 5.49. The van der Waals surface area contributed by atoms with Gasteiger partial charge >= 0.3 is 0 Å². The minimum absolute atomic E-state index is 0.676. The molecular formula is C11H19NO. The van der Waals surface area contributed by atoms with E-state index in [2.05, 4.69) is 11.9 Å². The maximum atomic E-state index is 10.3. The van der Waals surface area contributed by atoms with Crippen LogP contribution in [0.2, 0.25) is 0 Å². The third kappa shape index (κ3) is 1.78. The van der Waals surface area contributed by atoms with Crippen molar-refractivity contribution in [3.05, 3.63) is 0 Å². The average Bonchev–Trinajstić information content (AvgIpc) is 2.82. The minimum Gasteiger partial charge on any atom is -0.306 e. The Bertz CT molecular complexity index is 194. The highest BCUT2D eigenvalue weighted by atomic mass is 16.1. The van der Waals surface area contributed by atoms with Gasteiger partial charge in [-0.05, 0) is 57.2 Å². The predicted octanol–water partition coefficient (Wildman–Crippen LogP) is 1.70. The van der Waals surface area contributed by atoms with Crippen LogP contribution in [0.5, 0.6) is 0 Å². The minimum atomic E-state index is 0.676. The summed E-state index contributed by atoms with van der Waals surface area (Å²) in [5.41, 5.74) is 0.676. The molecule has 0 bridgehead atoms. The molecule has 1 aliphatic carbocycles. The molecule has 1 atom stereocenters. The molecule has 74 valence electrons. The summed E-state index contributed by atoms with van der Waals surface area (Å²) >= 11 is 0. The molecule has 2 nitrogen and oxygen atoms in total. The highest BCUT2D eigenvalue weighted by Gasteiger charge is 2.53. The highest BCUT2D eigenvalue weighted by Crippen LogP contribution is 2.60. The van der Waals surface area contributed by atoms with Crippen LogP contribution in [-0.2, 0) is 4.79 Å². The first-order valence-electron chi connectivity index (χ1n) is 5.39. The second-order valence-corrected chi connectivity index (χ2v) is 4.81. The number of nitrogens with zero attached hydrogens (tertiary/aromatic N) is 1. The normalized spacial score (nSPS) is 31.9. The zero-order chi connectivity index (χ0) is 9.31. The molecule has 0 radical (unpaired) electrons. The van der Waals surface area contributed by atoms with Crippen LogP contribution in [0.25, 0.3) is 0 Å². The number of carbonyl (C=O) groups is 1. The summed E-state index contributed by atoms with van der Waals surface area (Å²) in [7, 11) is 2.20. The molecule has 2 rings (SSSR count). The molecular weight excluding hydrogens is 162 g/mol. The zero-order valence-corrected chi connectivity index (χ0v) is 8.46. The molecule has 1 aliphatic heterocycles. The Labute approximate surface area is 80.3 Å². The fourth-order valence-corrected chi connectivity index (χ4v) is 2.79. The summed E-state index contributed by atoms with van der Waals surface area (Å²) in [5.74, 6) is 0.881. The lowest BCUT2D eigenvalue weighted by molar-refractivity contribution is -0.108. The Hall–Kier alpha value is -0.370. The van der Waals surface area contributed by atoms with Crippen molar-refractivity contribution in [1.82, 2.24) is 4.90 Å². The zero-order valence-electron chi connectivity index (χ0n) is 8.46. The molecule has 1 saturated carbocycles. The van der Waals surface area contributed by atoms with Gasteiger partial charge in [-0.2, -0.15) is 0 Å². The molecule has 1 saturated heterocycles. The summed E-state index contributed by atoms with van der Waals surface area (Å²) in [5, 5.41) is 0. The number of likely N-dealkylation sites (tertiary alicyclic amines) is 1. The molecule has 0 N–H and O–H groups in total. The molecule has 1 heterocycles. The van der Waals surface area contributed by atoms with Crippen LogP contribution in [0.1, 0.15) is 32.1 Å². The fourth-order valence-electron chi connectivity index (χ4n) is 2.79. The van der Waals surface area contributed by atoms with Crippen molar-refractivity contribution < 1.29 is 4.79 Å². The van der Waals surface area contributed by atoms with E-state index in [4.69, 9.17) is 0 Å². The number of piperidine rings is 1. The fraction of sp³-hybridized carbons (Fsp3) is 0.909. The van der Waals surface area contributed by atoms with Gasteiger partial charge in [0, 0.05) is 6.42 Å². The standard InChI is InChI=1S/C11H19NO/c1-12-6-4-11(5-7-12)9-10(11)3-2-8-13/h8,10H,2-7,9H2,1H3. The molecule has 13 heavy (non-hydrogen) atoms. The van der Waals surface area contributed by atoms with Gasteiger partial charge in [-0.25, -0.2) is 0 Å². The Kier molecular flexibility index (Phi) is 2.41. The van der Waals surface area contributed by atoms with E-state index in [1.54, 1.807) is 0 Å². The molecule has 0 amide bonds. The van der Waals surface area contributed by atoms with Crippen molar-refractivity contribution >= 4 is 6.29 Å². The van der Waals surface area contributed by atoms with Gasteiger partial charge in [0.2, 0.25) is 0 Å². The van der Waals surface area contributed by atoms with E-state index in [1.165, 1.54) is 32.4 Å². The summed E-state index contributed by atoms with van der Waals surface area (Å²) in [6.07, 6.45) is 7.13. The van der Waals surface area contributed by atoms with Gasteiger partial charge in [0.25, 0.3) is 0 Å². The maximum Gasteiger partial charge on any atom is 0.120 e. The number of aldehydes is 1. The van der Waals surface area contributed by atoms with E-state index in [9.17, 15) is 4.79 Å². The van der Waals surface area contributed by atoms with Gasteiger partial charge in [-0.15, -0.1) is 0 Å². The Morgan fingerprint density at radius 2 is 2.15 bits per heavy atom. The van der Waals surface area contributed by atoms with Crippen molar-refractivity contribution in [3.8, 4) is 0 Å². The number of hydrogen-bond donors (Lipinski definition) is 0. The quantitative estimate of drug-likeness (QED) is 0.618. The van der Waals surface area contributed by atoms with Gasteiger partial charge in [0.15, 0.2) is 0 Å². The molecule has 2 heteroatoms. The molecule has 1 unspecified atom stereocenters. The summed E-state index contributed by atoms with van der Waals surface area (Å²) in [4.78, 5) is 12.7. The van der Waals surface area contributed by atoms with Crippen LogP contribution in [0.4, 0.5) is 0 Å². The van der Waals surface area contributed by atoms with E-state index in [1.807, 2.05) is 0 Å². The molecule has 0 aromatic carbocycles. The second-order valence-electron chi connectivity index (χ2n) is 4.81. The van der Waals surface area contributed by atoms with Gasteiger partial charge < -0.3 is 9.69 Å². The van der Waals surface area contributed by atoms with Gasteiger partial charge in [0.1, 0.15) is 6.29 Å². The monoisotopic (exact) mass is 181 g/mol. The smallest absolute Gasteiger partial charge is 0.120 e. The topological polar surface area (TPSA) is 20.3 Å². The van der Waals surface area contributed by atoms with Crippen LogP contribution in [0.15, 0.2) is 0 Å². The largest absolute Gasteiger partial charge is 0.306 e. The van der Waals surface area contributed by atoms with Crippen LogP contribution < -0.4 is 0 Å². The van der Waals surface area contributed by atoms with Crippen molar-refractivity contribution in [1.29, 1.82) is 0 Å².